The molecule has 0 bridgehead atoms. The van der Waals surface area contributed by atoms with Crippen molar-refractivity contribution in [3.05, 3.63) is 187 Å². The van der Waals surface area contributed by atoms with Crippen LogP contribution in [-0.4, -0.2) is 0 Å². The van der Waals surface area contributed by atoms with Gasteiger partial charge < -0.3 is 9.32 Å². The van der Waals surface area contributed by atoms with Crippen molar-refractivity contribution in [1.29, 1.82) is 0 Å². The summed E-state index contributed by atoms with van der Waals surface area (Å²) in [5.74, 6) is 0. The number of hydrogen-bond acceptors (Lipinski definition) is 2. The topological polar surface area (TPSA) is 16.4 Å². The Balaban J connectivity index is 1.28. The van der Waals surface area contributed by atoms with Crippen LogP contribution >= 0.6 is 0 Å². The molecule has 0 radical (unpaired) electrons. The van der Waals surface area contributed by atoms with Gasteiger partial charge in [-0.15, -0.1) is 0 Å². The molecular weight excluding hydrogens is 643 g/mol. The third kappa shape index (κ3) is 4.27. The molecular formula is C51H35NO. The average Bonchev–Trinajstić information content (AvgIpc) is 3.69. The van der Waals surface area contributed by atoms with E-state index in [2.05, 4.69) is 195 Å². The largest absolute Gasteiger partial charge is 0.455 e. The Kier molecular flexibility index (Phi) is 6.33. The van der Waals surface area contributed by atoms with Gasteiger partial charge in [-0.25, -0.2) is 0 Å². The molecule has 0 saturated carbocycles. The molecule has 53 heavy (non-hydrogen) atoms. The number of nitrogens with zero attached hydrogens (tertiary/aromatic N) is 1. The summed E-state index contributed by atoms with van der Waals surface area (Å²) in [6, 6.07) is 64.3. The second kappa shape index (κ2) is 11.2. The number of hydrogen-bond donors (Lipinski definition) is 0. The van der Waals surface area contributed by atoms with E-state index in [9.17, 15) is 0 Å². The summed E-state index contributed by atoms with van der Waals surface area (Å²) in [5.41, 5.74) is 19.8. The van der Waals surface area contributed by atoms with Gasteiger partial charge in [0.15, 0.2) is 0 Å². The average molecular weight is 678 g/mol. The van der Waals surface area contributed by atoms with Crippen molar-refractivity contribution in [2.45, 2.75) is 19.3 Å². The minimum atomic E-state index is -0.133. The SMILES string of the molecule is CC1(C)c2ccccc2-c2ccc(N(c3ccccc3)c3cccc4c3-c3c(ccc5c3oc3ccccc35)-c3ccccc3-c3ccccc3-4)cc21. The molecule has 0 amide bonds. The van der Waals surface area contributed by atoms with Crippen LogP contribution in [0, 0.1) is 0 Å². The molecule has 0 unspecified atom stereocenters. The van der Waals surface area contributed by atoms with E-state index in [1.54, 1.807) is 0 Å². The van der Waals surface area contributed by atoms with E-state index in [-0.39, 0.29) is 5.41 Å². The molecule has 2 heteroatoms. The molecule has 1 aromatic heterocycles. The highest BCUT2D eigenvalue weighted by Gasteiger charge is 2.36. The molecule has 8 aromatic carbocycles. The van der Waals surface area contributed by atoms with Crippen LogP contribution in [0.15, 0.2) is 180 Å². The fraction of sp³-hybridized carbons (Fsp3) is 0.0588. The lowest BCUT2D eigenvalue weighted by Gasteiger charge is -2.32. The van der Waals surface area contributed by atoms with Crippen molar-refractivity contribution < 1.29 is 4.42 Å². The molecule has 11 rings (SSSR count). The van der Waals surface area contributed by atoms with E-state index in [4.69, 9.17) is 4.42 Å². The fourth-order valence-electron chi connectivity index (χ4n) is 9.22. The maximum Gasteiger partial charge on any atom is 0.143 e. The molecule has 0 N–H and O–H groups in total. The smallest absolute Gasteiger partial charge is 0.143 e. The van der Waals surface area contributed by atoms with Gasteiger partial charge in [-0.05, 0) is 98.1 Å². The minimum absolute atomic E-state index is 0.133. The van der Waals surface area contributed by atoms with Crippen molar-refractivity contribution in [3.63, 3.8) is 0 Å². The molecule has 2 aliphatic carbocycles. The molecule has 9 aromatic rings. The Morgan fingerprint density at radius 2 is 0.962 bits per heavy atom. The summed E-state index contributed by atoms with van der Waals surface area (Å²) in [7, 11) is 0. The highest BCUT2D eigenvalue weighted by molar-refractivity contribution is 6.18. The maximum absolute atomic E-state index is 6.96. The quantitative estimate of drug-likeness (QED) is 0.185. The Bertz CT molecular complexity index is 2930. The molecule has 0 fully saturated rings. The number of benzene rings is 8. The molecule has 2 nitrogen and oxygen atoms in total. The lowest BCUT2D eigenvalue weighted by molar-refractivity contribution is 0.660. The first kappa shape index (κ1) is 30.0. The summed E-state index contributed by atoms with van der Waals surface area (Å²) >= 11 is 0. The highest BCUT2D eigenvalue weighted by Crippen LogP contribution is 2.56. The second-order valence-corrected chi connectivity index (χ2v) is 14.8. The molecule has 0 atom stereocenters. The van der Waals surface area contributed by atoms with E-state index in [1.807, 2.05) is 0 Å². The summed E-state index contributed by atoms with van der Waals surface area (Å²) in [6.07, 6.45) is 0. The van der Waals surface area contributed by atoms with Crippen LogP contribution in [0.25, 0.3) is 77.6 Å². The number of furan rings is 1. The number of para-hydroxylation sites is 2. The van der Waals surface area contributed by atoms with Gasteiger partial charge in [0, 0.05) is 38.7 Å². The summed E-state index contributed by atoms with van der Waals surface area (Å²) in [5, 5.41) is 2.25. The third-order valence-electron chi connectivity index (χ3n) is 11.6. The van der Waals surface area contributed by atoms with Crippen LogP contribution in [0.1, 0.15) is 25.0 Å². The zero-order valence-electron chi connectivity index (χ0n) is 29.6. The standard InChI is InChI=1S/C51H35NO/c1-51(2)44-24-12-10-21-38(44)39-28-27-33(31-45(39)51)52(32-15-4-3-5-16-32)46-25-14-23-41-36-19-8-6-17-34(36)35-18-7-9-20-37(35)42-29-30-43-40-22-11-13-26-47(40)53-50(43)49(42)48(41)46/h3-31H,1-2H3. The van der Waals surface area contributed by atoms with Crippen LogP contribution in [0.3, 0.4) is 0 Å². The molecule has 2 aliphatic rings. The van der Waals surface area contributed by atoms with Gasteiger partial charge in [-0.3, -0.25) is 0 Å². The lowest BCUT2D eigenvalue weighted by atomic mass is 9.79. The third-order valence-corrected chi connectivity index (χ3v) is 11.6. The van der Waals surface area contributed by atoms with Crippen LogP contribution in [0.2, 0.25) is 0 Å². The van der Waals surface area contributed by atoms with Crippen molar-refractivity contribution in [2.75, 3.05) is 4.90 Å². The fourth-order valence-corrected chi connectivity index (χ4v) is 9.22. The van der Waals surface area contributed by atoms with Gasteiger partial charge >= 0.3 is 0 Å². The van der Waals surface area contributed by atoms with Crippen molar-refractivity contribution in [2.24, 2.45) is 0 Å². The lowest BCUT2D eigenvalue weighted by Crippen LogP contribution is -2.17. The van der Waals surface area contributed by atoms with Gasteiger partial charge in [0.2, 0.25) is 0 Å². The number of rotatable bonds is 3. The molecule has 0 aliphatic heterocycles. The van der Waals surface area contributed by atoms with Crippen LogP contribution in [0.4, 0.5) is 17.1 Å². The van der Waals surface area contributed by atoms with Gasteiger partial charge in [-0.2, -0.15) is 0 Å². The van der Waals surface area contributed by atoms with Gasteiger partial charge in [0.25, 0.3) is 0 Å². The van der Waals surface area contributed by atoms with E-state index < -0.39 is 0 Å². The maximum atomic E-state index is 6.96. The monoisotopic (exact) mass is 677 g/mol. The molecule has 1 heterocycles. The van der Waals surface area contributed by atoms with Gasteiger partial charge in [0.05, 0.1) is 5.69 Å². The van der Waals surface area contributed by atoms with E-state index >= 15 is 0 Å². The van der Waals surface area contributed by atoms with Crippen LogP contribution in [0.5, 0.6) is 0 Å². The zero-order chi connectivity index (χ0) is 35.3. The van der Waals surface area contributed by atoms with Gasteiger partial charge in [-0.1, -0.05) is 147 Å². The van der Waals surface area contributed by atoms with Crippen LogP contribution in [-0.2, 0) is 5.41 Å². The van der Waals surface area contributed by atoms with Crippen molar-refractivity contribution in [3.8, 4) is 55.6 Å². The van der Waals surface area contributed by atoms with Crippen LogP contribution < -0.4 is 4.90 Å². The van der Waals surface area contributed by atoms with E-state index in [1.165, 1.54) is 50.1 Å². The second-order valence-electron chi connectivity index (χ2n) is 14.8. The minimum Gasteiger partial charge on any atom is -0.455 e. The molecule has 0 saturated heterocycles. The number of fused-ring (bicyclic) bond motifs is 15. The van der Waals surface area contributed by atoms with E-state index in [0.717, 1.165) is 55.7 Å². The first-order valence-electron chi connectivity index (χ1n) is 18.4. The van der Waals surface area contributed by atoms with Crippen molar-refractivity contribution in [1.82, 2.24) is 0 Å². The number of anilines is 3. The predicted octanol–water partition coefficient (Wildman–Crippen LogP) is 14.3. The van der Waals surface area contributed by atoms with Crippen molar-refractivity contribution >= 4 is 39.0 Å². The summed E-state index contributed by atoms with van der Waals surface area (Å²) in [4.78, 5) is 2.46. The summed E-state index contributed by atoms with van der Waals surface area (Å²) in [6.45, 7) is 4.71. The predicted molar refractivity (Wildman–Crippen MR) is 221 cm³/mol. The highest BCUT2D eigenvalue weighted by atomic mass is 16.3. The molecule has 250 valence electrons. The Morgan fingerprint density at radius 1 is 0.396 bits per heavy atom. The Hall–Kier alpha value is -6.64. The molecule has 0 spiro atoms. The normalized spacial score (nSPS) is 13.2. The first-order valence-corrected chi connectivity index (χ1v) is 18.4. The Morgan fingerprint density at radius 3 is 1.72 bits per heavy atom. The summed E-state index contributed by atoms with van der Waals surface area (Å²) < 4.78 is 6.96. The van der Waals surface area contributed by atoms with Gasteiger partial charge in [0.1, 0.15) is 11.2 Å². The zero-order valence-corrected chi connectivity index (χ0v) is 29.6. The van der Waals surface area contributed by atoms with E-state index in [0.29, 0.717) is 0 Å². The first-order chi connectivity index (χ1) is 26.1. The Labute approximate surface area is 309 Å².